The third-order valence-corrected chi connectivity index (χ3v) is 12.9. The van der Waals surface area contributed by atoms with E-state index in [9.17, 15) is 43.5 Å². The Kier molecular flexibility index (Phi) is 21.8. The van der Waals surface area contributed by atoms with Crippen molar-refractivity contribution in [2.75, 3.05) is 20.7 Å². The first kappa shape index (κ1) is 55.5. The summed E-state index contributed by atoms with van der Waals surface area (Å²) in [5.41, 5.74) is 6.38. The first-order chi connectivity index (χ1) is 31.1. The zero-order valence-electron chi connectivity index (χ0n) is 40.1. The Bertz CT molecular complexity index is 1880. The standard InChI is InChI=1S/C46H73BrN8O11/c1-11-15-34(56)51-36(24(3)4)42(60)53-38-27(8)66-46(64)37(25(5)6)52-41(59)32(23-28-17-19-33(65-10)29(47)22-28)54(9)45(63)39(26(7)12-2)55-35(57)20-18-31(44(55)62)50-40(58)30(49-43(38)61)16-13-14-21-48/h17,19,22,24-27,30-32,35-39,57H,11-16,18,20-21,23,48H2,1-10H3,(H,49,61)(H,50,58)(H,51,56)(H,52,59)(H,53,60)/t26-,27+,30+,31+,32+,35-,36+,37+,38+,39-/m1/s1. The molecule has 0 aromatic heterocycles. The van der Waals surface area contributed by atoms with E-state index in [1.54, 1.807) is 52.8 Å². The summed E-state index contributed by atoms with van der Waals surface area (Å²) in [4.78, 5) is 116. The predicted octanol–water partition coefficient (Wildman–Crippen LogP) is 1.79. The molecule has 0 aliphatic carbocycles. The molecule has 3 rings (SSSR count). The summed E-state index contributed by atoms with van der Waals surface area (Å²) in [5.74, 6) is -6.98. The van der Waals surface area contributed by atoms with Crippen LogP contribution in [0, 0.1) is 17.8 Å². The molecule has 2 heterocycles. The molecule has 0 radical (unpaired) electrons. The Hall–Kier alpha value is -4.82. The monoisotopic (exact) mass is 992 g/mol. The number of unbranched alkanes of at least 4 members (excludes halogenated alkanes) is 1. The summed E-state index contributed by atoms with van der Waals surface area (Å²) in [5, 5.41) is 25.1. The number of aliphatic hydroxyl groups is 1. The number of amides is 7. The molecule has 0 unspecified atom stereocenters. The fraction of sp³-hybridized carbons (Fsp3) is 0.696. The van der Waals surface area contributed by atoms with Crippen LogP contribution in [0.2, 0.25) is 0 Å². The van der Waals surface area contributed by atoms with Gasteiger partial charge >= 0.3 is 5.97 Å². The van der Waals surface area contributed by atoms with Gasteiger partial charge in [0, 0.05) is 19.9 Å². The minimum Gasteiger partial charge on any atom is -0.496 e. The Morgan fingerprint density at radius 1 is 0.970 bits per heavy atom. The summed E-state index contributed by atoms with van der Waals surface area (Å²) in [7, 11) is 2.92. The normalized spacial score (nSPS) is 26.0. The topological polar surface area (TPSA) is 268 Å². The van der Waals surface area contributed by atoms with Gasteiger partial charge in [-0.15, -0.1) is 0 Å². The molecule has 0 spiro atoms. The van der Waals surface area contributed by atoms with Crippen LogP contribution in [0.5, 0.6) is 5.75 Å². The lowest BCUT2D eigenvalue weighted by molar-refractivity contribution is -0.168. The number of hydrogen-bond donors (Lipinski definition) is 7. The van der Waals surface area contributed by atoms with Crippen LogP contribution in [0.3, 0.4) is 0 Å². The molecule has 8 N–H and O–H groups in total. The van der Waals surface area contributed by atoms with Gasteiger partial charge in [0.05, 0.1) is 11.6 Å². The minimum absolute atomic E-state index is 0.00292. The van der Waals surface area contributed by atoms with Crippen molar-refractivity contribution in [2.24, 2.45) is 23.5 Å². The average molecular weight is 994 g/mol. The molecule has 1 aromatic carbocycles. The highest BCUT2D eigenvalue weighted by Crippen LogP contribution is 2.29. The Morgan fingerprint density at radius 2 is 1.65 bits per heavy atom. The molecule has 20 heteroatoms. The number of carbonyl (C=O) groups is 8. The molecule has 19 nitrogen and oxygen atoms in total. The highest BCUT2D eigenvalue weighted by molar-refractivity contribution is 9.10. The first-order valence-electron chi connectivity index (χ1n) is 23.1. The molecule has 2 saturated heterocycles. The average Bonchev–Trinajstić information content (AvgIpc) is 3.26. The van der Waals surface area contributed by atoms with Crippen LogP contribution in [-0.2, 0) is 49.5 Å². The van der Waals surface area contributed by atoms with Gasteiger partial charge in [0.1, 0.15) is 60.4 Å². The summed E-state index contributed by atoms with van der Waals surface area (Å²) in [6.07, 6.45) is -0.948. The molecular weight excluding hydrogens is 920 g/mol. The van der Waals surface area contributed by atoms with E-state index in [0.717, 1.165) is 4.90 Å². The molecule has 1 aromatic rings. The summed E-state index contributed by atoms with van der Waals surface area (Å²) >= 11 is 3.49. The number of fused-ring (bicyclic) bond motifs is 2. The number of carbonyl (C=O) groups excluding carboxylic acids is 8. The number of piperidine rings is 1. The van der Waals surface area contributed by atoms with E-state index in [1.807, 2.05) is 13.8 Å². The van der Waals surface area contributed by atoms with Crippen molar-refractivity contribution < 1.29 is 52.9 Å². The third-order valence-electron chi connectivity index (χ3n) is 12.3. The second-order valence-corrected chi connectivity index (χ2v) is 18.9. The van der Waals surface area contributed by atoms with E-state index in [0.29, 0.717) is 41.5 Å². The molecule has 370 valence electrons. The largest absolute Gasteiger partial charge is 0.496 e. The van der Waals surface area contributed by atoms with Crippen LogP contribution in [-0.4, -0.2) is 138 Å². The van der Waals surface area contributed by atoms with Gasteiger partial charge in [-0.25, -0.2) is 4.79 Å². The Balaban J connectivity index is 2.26. The number of nitrogens with two attached hydrogens (primary N) is 1. The number of benzene rings is 1. The van der Waals surface area contributed by atoms with Gasteiger partial charge in [0.25, 0.3) is 0 Å². The molecule has 7 amide bonds. The number of nitrogens with zero attached hydrogens (tertiary/aromatic N) is 2. The van der Waals surface area contributed by atoms with Crippen molar-refractivity contribution in [1.29, 1.82) is 0 Å². The first-order valence-corrected chi connectivity index (χ1v) is 23.9. The minimum atomic E-state index is -1.63. The van der Waals surface area contributed by atoms with Crippen LogP contribution in [0.15, 0.2) is 22.7 Å². The van der Waals surface area contributed by atoms with Crippen molar-refractivity contribution in [3.05, 3.63) is 28.2 Å². The molecule has 66 heavy (non-hydrogen) atoms. The second kappa shape index (κ2) is 25.9. The second-order valence-electron chi connectivity index (χ2n) is 18.1. The van der Waals surface area contributed by atoms with E-state index in [1.165, 1.54) is 26.0 Å². The smallest absolute Gasteiger partial charge is 0.329 e. The number of nitrogens with one attached hydrogen (secondary N) is 5. The van der Waals surface area contributed by atoms with Crippen molar-refractivity contribution in [1.82, 2.24) is 36.4 Å². The molecule has 0 saturated carbocycles. The number of hydrogen-bond acceptors (Lipinski definition) is 12. The van der Waals surface area contributed by atoms with Gasteiger partial charge in [-0.3, -0.25) is 33.6 Å². The maximum Gasteiger partial charge on any atom is 0.329 e. The fourth-order valence-electron chi connectivity index (χ4n) is 8.06. The number of halogens is 1. The van der Waals surface area contributed by atoms with Crippen LogP contribution in [0.25, 0.3) is 0 Å². The van der Waals surface area contributed by atoms with E-state index in [-0.39, 0.29) is 44.6 Å². The van der Waals surface area contributed by atoms with Crippen LogP contribution < -0.4 is 37.1 Å². The van der Waals surface area contributed by atoms with Crippen LogP contribution in [0.4, 0.5) is 0 Å². The van der Waals surface area contributed by atoms with Gasteiger partial charge in [0.2, 0.25) is 41.4 Å². The van der Waals surface area contributed by atoms with Gasteiger partial charge in [0.15, 0.2) is 0 Å². The lowest BCUT2D eigenvalue weighted by atomic mass is 9.91. The number of likely N-dealkylation sites (N-methyl/N-ethyl adjacent to an activating group) is 1. The number of cyclic esters (lactones) is 1. The van der Waals surface area contributed by atoms with Gasteiger partial charge < -0.3 is 56.7 Å². The van der Waals surface area contributed by atoms with Crippen LogP contribution in [0.1, 0.15) is 112 Å². The van der Waals surface area contributed by atoms with Crippen molar-refractivity contribution in [3.63, 3.8) is 0 Å². The Labute approximate surface area is 397 Å². The van der Waals surface area contributed by atoms with Crippen LogP contribution >= 0.6 is 15.9 Å². The molecule has 2 aliphatic heterocycles. The SMILES string of the molecule is CCCC(=O)N[C@H](C(=O)N[C@@H]1C(=O)N[C@@H](CCCCN)C(=O)N[C@H]2CC[C@@H](O)N(C2=O)[C@H]([C@H](C)CC)C(=O)N(C)[C@@H](Cc2ccc(OC)c(Br)c2)C(=O)N[C@@H](C(C)C)C(=O)O[C@H]1C)C(C)C. The number of methoxy groups -OCH3 is 1. The zero-order valence-corrected chi connectivity index (χ0v) is 41.7. The summed E-state index contributed by atoms with van der Waals surface area (Å²) in [6, 6.07) is -4.04. The maximum absolute atomic E-state index is 14.9. The highest BCUT2D eigenvalue weighted by atomic mass is 79.9. The molecular formula is C46H73BrN8O11. The maximum atomic E-state index is 14.9. The summed E-state index contributed by atoms with van der Waals surface area (Å²) in [6.45, 7) is 13.8. The summed E-state index contributed by atoms with van der Waals surface area (Å²) < 4.78 is 11.9. The molecule has 10 atom stereocenters. The quantitative estimate of drug-likeness (QED) is 0.0924. The highest BCUT2D eigenvalue weighted by Gasteiger charge is 2.47. The van der Waals surface area contributed by atoms with Crippen molar-refractivity contribution >= 4 is 63.2 Å². The van der Waals surface area contributed by atoms with E-state index in [2.05, 4.69) is 42.5 Å². The van der Waals surface area contributed by atoms with E-state index in [4.69, 9.17) is 15.2 Å². The predicted molar refractivity (Wildman–Crippen MR) is 249 cm³/mol. The lowest BCUT2D eigenvalue weighted by Gasteiger charge is -2.44. The van der Waals surface area contributed by atoms with Crippen molar-refractivity contribution in [2.45, 2.75) is 168 Å². The molecule has 2 fully saturated rings. The molecule has 2 bridgehead atoms. The number of aliphatic hydroxyl groups excluding tert-OH is 1. The van der Waals surface area contributed by atoms with E-state index >= 15 is 0 Å². The number of rotatable bonds is 16. The van der Waals surface area contributed by atoms with E-state index < -0.39 is 114 Å². The third kappa shape index (κ3) is 14.6. The number of esters is 1. The Morgan fingerprint density at radius 3 is 2.23 bits per heavy atom. The zero-order chi connectivity index (χ0) is 49.6. The number of ether oxygens (including phenoxy) is 2. The van der Waals surface area contributed by atoms with Crippen molar-refractivity contribution in [3.8, 4) is 5.75 Å². The van der Waals surface area contributed by atoms with Gasteiger partial charge in [-0.05, 0) is 103 Å². The fourth-order valence-corrected chi connectivity index (χ4v) is 8.65. The van der Waals surface area contributed by atoms with Gasteiger partial charge in [-0.1, -0.05) is 61.0 Å². The lowest BCUT2D eigenvalue weighted by Crippen LogP contribution is -2.66. The van der Waals surface area contributed by atoms with Gasteiger partial charge in [-0.2, -0.15) is 0 Å². The molecule has 2 aliphatic rings.